The topological polar surface area (TPSA) is 91.0 Å². The first-order chi connectivity index (χ1) is 19.2. The summed E-state index contributed by atoms with van der Waals surface area (Å²) >= 11 is 0. The Morgan fingerprint density at radius 2 is 1.80 bits per heavy atom. The summed E-state index contributed by atoms with van der Waals surface area (Å²) < 4.78 is 19.5. The average molecular weight is 574 g/mol. The normalized spacial score (nSPS) is 48.9. The maximum Gasteiger partial charge on any atom is 0.307 e. The van der Waals surface area contributed by atoms with Crippen molar-refractivity contribution in [3.63, 3.8) is 0 Å². The summed E-state index contributed by atoms with van der Waals surface area (Å²) in [5.74, 6) is 0.968. The number of allylic oxidation sites excluding steroid dienone is 1. The largest absolute Gasteiger partial charge is 0.481 e. The lowest BCUT2D eigenvalue weighted by Gasteiger charge is -2.71. The minimum Gasteiger partial charge on any atom is -0.481 e. The number of hydrogen-bond acceptors (Lipinski definition) is 5. The highest BCUT2D eigenvalue weighted by atomic mass is 16.5. The number of ether oxygens (including phenoxy) is 3. The molecule has 2 bridgehead atoms. The molecular formula is C35H59NO5. The molecule has 41 heavy (non-hydrogen) atoms. The highest BCUT2D eigenvalue weighted by molar-refractivity contribution is 5.73. The summed E-state index contributed by atoms with van der Waals surface area (Å²) in [6.07, 6.45) is 8.52. The van der Waals surface area contributed by atoms with Gasteiger partial charge in [0.05, 0.1) is 37.9 Å². The molecule has 3 saturated carbocycles. The summed E-state index contributed by atoms with van der Waals surface area (Å²) in [5.41, 5.74) is 6.68. The van der Waals surface area contributed by atoms with Crippen LogP contribution in [0.3, 0.4) is 0 Å². The molecular weight excluding hydrogens is 514 g/mol. The van der Waals surface area contributed by atoms with E-state index in [2.05, 4.69) is 61.5 Å². The van der Waals surface area contributed by atoms with Crippen LogP contribution in [0, 0.1) is 62.6 Å². The van der Waals surface area contributed by atoms with Crippen LogP contribution in [-0.2, 0) is 19.0 Å². The van der Waals surface area contributed by atoms with Gasteiger partial charge in [-0.2, -0.15) is 0 Å². The number of carboxylic acid groups (broad SMARTS) is 1. The van der Waals surface area contributed by atoms with Gasteiger partial charge >= 0.3 is 5.97 Å². The van der Waals surface area contributed by atoms with Gasteiger partial charge in [0.25, 0.3) is 0 Å². The van der Waals surface area contributed by atoms with Crippen molar-refractivity contribution in [1.82, 2.24) is 0 Å². The van der Waals surface area contributed by atoms with Gasteiger partial charge in [0.2, 0.25) is 0 Å². The van der Waals surface area contributed by atoms with Gasteiger partial charge in [-0.3, -0.25) is 4.79 Å². The number of aliphatic carboxylic acids is 1. The number of carboxylic acids is 1. The van der Waals surface area contributed by atoms with E-state index in [0.717, 1.165) is 45.1 Å². The Hall–Kier alpha value is -0.950. The van der Waals surface area contributed by atoms with Crippen molar-refractivity contribution in [2.24, 2.45) is 68.3 Å². The predicted molar refractivity (Wildman–Crippen MR) is 162 cm³/mol. The lowest BCUT2D eigenvalue weighted by molar-refractivity contribution is -0.268. The van der Waals surface area contributed by atoms with Gasteiger partial charge in [0.1, 0.15) is 0 Å². The zero-order valence-corrected chi connectivity index (χ0v) is 27.4. The van der Waals surface area contributed by atoms with Crippen LogP contribution in [-0.4, -0.2) is 56.8 Å². The maximum absolute atomic E-state index is 13.3. The molecule has 4 aliphatic carbocycles. The smallest absolute Gasteiger partial charge is 0.307 e. The molecule has 6 heteroatoms. The molecule has 1 heterocycles. The van der Waals surface area contributed by atoms with Gasteiger partial charge in [0.15, 0.2) is 0 Å². The van der Waals surface area contributed by atoms with Gasteiger partial charge in [-0.25, -0.2) is 0 Å². The minimum absolute atomic E-state index is 0.000743. The number of carbonyl (C=O) groups is 1. The van der Waals surface area contributed by atoms with Crippen LogP contribution in [0.25, 0.3) is 0 Å². The summed E-state index contributed by atoms with van der Waals surface area (Å²) in [6, 6.07) is 0. The van der Waals surface area contributed by atoms with E-state index in [1.165, 1.54) is 0 Å². The fraction of sp³-hybridized carbons (Fsp3) is 0.914. The van der Waals surface area contributed by atoms with Crippen molar-refractivity contribution in [3.05, 3.63) is 11.6 Å². The van der Waals surface area contributed by atoms with Crippen molar-refractivity contribution in [1.29, 1.82) is 0 Å². The molecule has 0 spiro atoms. The summed E-state index contributed by atoms with van der Waals surface area (Å²) in [6.45, 7) is 21.1. The van der Waals surface area contributed by atoms with Crippen LogP contribution < -0.4 is 5.73 Å². The van der Waals surface area contributed by atoms with Crippen molar-refractivity contribution in [2.75, 3.05) is 33.5 Å². The van der Waals surface area contributed by atoms with Crippen LogP contribution in [0.15, 0.2) is 11.6 Å². The van der Waals surface area contributed by atoms with Crippen molar-refractivity contribution in [3.8, 4) is 0 Å². The molecule has 234 valence electrons. The molecule has 0 aromatic carbocycles. The van der Waals surface area contributed by atoms with E-state index >= 15 is 0 Å². The molecule has 0 radical (unpaired) electrons. The van der Waals surface area contributed by atoms with Gasteiger partial charge in [0, 0.05) is 17.9 Å². The highest BCUT2D eigenvalue weighted by Gasteiger charge is 2.71. The molecule has 12 atom stereocenters. The second-order valence-electron chi connectivity index (χ2n) is 16.4. The molecule has 0 aromatic heterocycles. The van der Waals surface area contributed by atoms with E-state index in [1.807, 2.05) is 7.11 Å². The standard InChI is InChI=1S/C35H59NO5/c1-21(2)23(4)31(5)14-15-33(7)24-10-11-27-32(6)19-40-20-35(27,16-26(39-9)29(32)41-18-22(3)17-36)25(24)12-13-34(33,8)28(31)30(37)38/h12,21-24,26-29H,10-11,13-20,36H2,1-9H3,(H,37,38)/t22?,23-,24+,26-,27+,28-,29+,31-,32+,33-,34+,35+/m1/s1. The monoisotopic (exact) mass is 573 g/mol. The molecule has 1 saturated heterocycles. The van der Waals surface area contributed by atoms with E-state index in [0.29, 0.717) is 49.3 Å². The first kappa shape index (κ1) is 31.5. The third-order valence-corrected chi connectivity index (χ3v) is 14.3. The average Bonchev–Trinajstić information content (AvgIpc) is 2.91. The molecule has 0 aromatic rings. The lowest BCUT2D eigenvalue weighted by Crippen LogP contribution is -2.70. The molecule has 5 rings (SSSR count). The molecule has 4 fully saturated rings. The summed E-state index contributed by atoms with van der Waals surface area (Å²) in [5, 5.41) is 10.9. The first-order valence-corrected chi connectivity index (χ1v) is 16.5. The highest BCUT2D eigenvalue weighted by Crippen LogP contribution is 2.75. The fourth-order valence-electron chi connectivity index (χ4n) is 11.4. The fourth-order valence-corrected chi connectivity index (χ4v) is 11.4. The van der Waals surface area contributed by atoms with E-state index in [9.17, 15) is 9.90 Å². The number of fused-ring (bicyclic) bond motifs is 3. The molecule has 0 amide bonds. The second-order valence-corrected chi connectivity index (χ2v) is 16.4. The quantitative estimate of drug-likeness (QED) is 0.319. The Morgan fingerprint density at radius 1 is 1.10 bits per heavy atom. The van der Waals surface area contributed by atoms with Crippen LogP contribution in [0.1, 0.15) is 93.9 Å². The second kappa shape index (κ2) is 10.6. The maximum atomic E-state index is 13.3. The van der Waals surface area contributed by atoms with Crippen molar-refractivity contribution >= 4 is 5.97 Å². The summed E-state index contributed by atoms with van der Waals surface area (Å²) in [4.78, 5) is 13.3. The van der Waals surface area contributed by atoms with E-state index in [1.54, 1.807) is 5.57 Å². The third-order valence-electron chi connectivity index (χ3n) is 14.3. The Bertz CT molecular complexity index is 1040. The minimum atomic E-state index is -0.602. The van der Waals surface area contributed by atoms with E-state index in [-0.39, 0.29) is 45.2 Å². The molecule has 5 aliphatic rings. The van der Waals surface area contributed by atoms with E-state index in [4.69, 9.17) is 19.9 Å². The Balaban J connectivity index is 1.56. The van der Waals surface area contributed by atoms with Gasteiger partial charge < -0.3 is 25.1 Å². The number of nitrogens with two attached hydrogens (primary N) is 1. The van der Waals surface area contributed by atoms with Gasteiger partial charge in [-0.1, -0.05) is 67.0 Å². The van der Waals surface area contributed by atoms with Crippen molar-refractivity contribution < 1.29 is 24.1 Å². The Morgan fingerprint density at radius 3 is 2.41 bits per heavy atom. The SMILES string of the molecule is CO[C@@H]1C[C@@]23COC[C@@](C)([C@@H]2CC[C@H]2C3=CC[C@@]3(C)[C@H](C(=O)O)[C@@](C)([C@H](C)C(C)C)CC[C@]23C)[C@H]1OCC(C)CN. The zero-order valence-electron chi connectivity index (χ0n) is 27.4. The molecule has 1 aliphatic heterocycles. The molecule has 1 unspecified atom stereocenters. The van der Waals surface area contributed by atoms with Gasteiger partial charge in [-0.05, 0) is 90.9 Å². The first-order valence-electron chi connectivity index (χ1n) is 16.5. The molecule has 6 nitrogen and oxygen atoms in total. The van der Waals surface area contributed by atoms with Gasteiger partial charge in [-0.15, -0.1) is 0 Å². The Labute approximate surface area is 249 Å². The van der Waals surface area contributed by atoms with Crippen LogP contribution in [0.5, 0.6) is 0 Å². The molecule has 3 N–H and O–H groups in total. The third kappa shape index (κ3) is 4.27. The van der Waals surface area contributed by atoms with Crippen molar-refractivity contribution in [2.45, 2.75) is 106 Å². The predicted octanol–water partition coefficient (Wildman–Crippen LogP) is 6.57. The zero-order chi connectivity index (χ0) is 30.2. The summed E-state index contributed by atoms with van der Waals surface area (Å²) in [7, 11) is 1.84. The van der Waals surface area contributed by atoms with E-state index < -0.39 is 5.97 Å². The Kier molecular flexibility index (Phi) is 8.13. The number of methoxy groups -OCH3 is 1. The van der Waals surface area contributed by atoms with Crippen LogP contribution >= 0.6 is 0 Å². The number of hydrogen-bond donors (Lipinski definition) is 2. The number of rotatable bonds is 8. The van der Waals surface area contributed by atoms with Crippen LogP contribution in [0.4, 0.5) is 0 Å². The lowest BCUT2D eigenvalue weighted by atomic mass is 9.34. The van der Waals surface area contributed by atoms with Crippen LogP contribution in [0.2, 0.25) is 0 Å².